The van der Waals surface area contributed by atoms with Gasteiger partial charge in [-0.15, -0.1) is 11.3 Å². The molecular formula is C29H33NO5S. The number of nitrogens with one attached hydrogen (secondary N) is 1. The standard InChI is InChI=1S/C29H33NO5S/c1-5-7-8-17-35-24-15-11-21(18-25(24)33-4)12-16-26(31)30-28-27(29(32)34-6-2)23(19-36-28)22-13-9-20(3)10-14-22/h9-16,18-19H,5-8,17H2,1-4H3,(H,30,31)/b16-12+. The molecule has 0 saturated carbocycles. The lowest BCUT2D eigenvalue weighted by atomic mass is 10.0. The number of aryl methyl sites for hydroxylation is 1. The van der Waals surface area contributed by atoms with Gasteiger partial charge in [0.2, 0.25) is 5.91 Å². The summed E-state index contributed by atoms with van der Waals surface area (Å²) in [5, 5.41) is 5.15. The van der Waals surface area contributed by atoms with Gasteiger partial charge in [-0.2, -0.15) is 0 Å². The lowest BCUT2D eigenvalue weighted by Gasteiger charge is -2.11. The lowest BCUT2D eigenvalue weighted by Crippen LogP contribution is -2.12. The van der Waals surface area contributed by atoms with Crippen LogP contribution < -0.4 is 14.8 Å². The first kappa shape index (κ1) is 27.0. The van der Waals surface area contributed by atoms with Crippen molar-refractivity contribution < 1.29 is 23.8 Å². The number of unbranched alkanes of at least 4 members (excludes halogenated alkanes) is 2. The first-order chi connectivity index (χ1) is 17.5. The molecule has 7 heteroatoms. The Hall–Kier alpha value is -3.58. The minimum absolute atomic E-state index is 0.245. The molecule has 0 radical (unpaired) electrons. The summed E-state index contributed by atoms with van der Waals surface area (Å²) >= 11 is 1.30. The summed E-state index contributed by atoms with van der Waals surface area (Å²) < 4.78 is 16.5. The van der Waals surface area contributed by atoms with Gasteiger partial charge in [0, 0.05) is 17.0 Å². The first-order valence-electron chi connectivity index (χ1n) is 12.1. The number of benzene rings is 2. The maximum Gasteiger partial charge on any atom is 0.341 e. The number of amides is 1. The van der Waals surface area contributed by atoms with Gasteiger partial charge in [0.1, 0.15) is 10.6 Å². The third-order valence-corrected chi connectivity index (χ3v) is 6.39. The number of anilines is 1. The fraction of sp³-hybridized carbons (Fsp3) is 0.310. The van der Waals surface area contributed by atoms with Crippen LogP contribution in [0.3, 0.4) is 0 Å². The predicted molar refractivity (Wildman–Crippen MR) is 146 cm³/mol. The highest BCUT2D eigenvalue weighted by Gasteiger charge is 2.22. The van der Waals surface area contributed by atoms with Gasteiger partial charge in [-0.25, -0.2) is 4.79 Å². The van der Waals surface area contributed by atoms with Crippen LogP contribution in [-0.4, -0.2) is 32.2 Å². The Kier molecular flexibility index (Phi) is 10.1. The second-order valence-corrected chi connectivity index (χ2v) is 9.11. The molecule has 6 nitrogen and oxygen atoms in total. The van der Waals surface area contributed by atoms with Crippen LogP contribution in [0, 0.1) is 6.92 Å². The van der Waals surface area contributed by atoms with E-state index in [9.17, 15) is 9.59 Å². The summed E-state index contributed by atoms with van der Waals surface area (Å²) in [6.45, 7) is 6.79. The number of carbonyl (C=O) groups is 2. The highest BCUT2D eigenvalue weighted by atomic mass is 32.1. The molecule has 0 aliphatic carbocycles. The number of carbonyl (C=O) groups excluding carboxylic acids is 2. The Labute approximate surface area is 216 Å². The summed E-state index contributed by atoms with van der Waals surface area (Å²) in [5.41, 5.74) is 3.90. The number of methoxy groups -OCH3 is 1. The minimum atomic E-state index is -0.465. The molecule has 0 unspecified atom stereocenters. The average molecular weight is 508 g/mol. The van der Waals surface area contributed by atoms with Crippen molar-refractivity contribution in [2.24, 2.45) is 0 Å². The van der Waals surface area contributed by atoms with Gasteiger partial charge in [0.15, 0.2) is 11.5 Å². The summed E-state index contributed by atoms with van der Waals surface area (Å²) in [6, 6.07) is 13.4. The van der Waals surface area contributed by atoms with E-state index in [0.29, 0.717) is 28.7 Å². The highest BCUT2D eigenvalue weighted by molar-refractivity contribution is 7.15. The van der Waals surface area contributed by atoms with Crippen molar-refractivity contribution in [1.29, 1.82) is 0 Å². The van der Waals surface area contributed by atoms with Gasteiger partial charge in [0.05, 0.1) is 20.3 Å². The van der Waals surface area contributed by atoms with Crippen LogP contribution in [0.5, 0.6) is 11.5 Å². The van der Waals surface area contributed by atoms with Crippen LogP contribution in [0.15, 0.2) is 53.9 Å². The predicted octanol–water partition coefficient (Wildman–Crippen LogP) is 7.13. The molecule has 0 spiro atoms. The molecule has 1 N–H and O–H groups in total. The summed E-state index contributed by atoms with van der Waals surface area (Å²) in [6.07, 6.45) is 6.36. The van der Waals surface area contributed by atoms with Gasteiger partial charge < -0.3 is 19.5 Å². The van der Waals surface area contributed by atoms with Crippen molar-refractivity contribution >= 4 is 34.3 Å². The van der Waals surface area contributed by atoms with Crippen LogP contribution >= 0.6 is 11.3 Å². The van der Waals surface area contributed by atoms with Crippen molar-refractivity contribution in [3.63, 3.8) is 0 Å². The zero-order valence-corrected chi connectivity index (χ0v) is 22.1. The molecule has 3 rings (SSSR count). The van der Waals surface area contributed by atoms with Crippen LogP contribution in [-0.2, 0) is 9.53 Å². The zero-order valence-electron chi connectivity index (χ0n) is 21.3. The minimum Gasteiger partial charge on any atom is -0.493 e. The summed E-state index contributed by atoms with van der Waals surface area (Å²) in [7, 11) is 1.59. The Balaban J connectivity index is 1.75. The molecule has 0 saturated heterocycles. The van der Waals surface area contributed by atoms with Gasteiger partial charge in [-0.1, -0.05) is 55.7 Å². The summed E-state index contributed by atoms with van der Waals surface area (Å²) in [5.74, 6) is 0.473. The molecule has 3 aromatic rings. The molecule has 1 aromatic heterocycles. The molecule has 36 heavy (non-hydrogen) atoms. The Morgan fingerprint density at radius 2 is 1.81 bits per heavy atom. The second-order valence-electron chi connectivity index (χ2n) is 8.23. The quantitative estimate of drug-likeness (QED) is 0.160. The van der Waals surface area contributed by atoms with Crippen molar-refractivity contribution in [3.8, 4) is 22.6 Å². The molecule has 0 aliphatic heterocycles. The van der Waals surface area contributed by atoms with Crippen molar-refractivity contribution in [1.82, 2.24) is 0 Å². The van der Waals surface area contributed by atoms with Crippen LogP contribution in [0.1, 0.15) is 54.6 Å². The highest BCUT2D eigenvalue weighted by Crippen LogP contribution is 2.36. The maximum absolute atomic E-state index is 12.8. The molecule has 1 amide bonds. The van der Waals surface area contributed by atoms with Crippen LogP contribution in [0.2, 0.25) is 0 Å². The number of hydrogen-bond donors (Lipinski definition) is 1. The Morgan fingerprint density at radius 3 is 2.50 bits per heavy atom. The monoisotopic (exact) mass is 507 g/mol. The van der Waals surface area contributed by atoms with Gasteiger partial charge >= 0.3 is 5.97 Å². The first-order valence-corrected chi connectivity index (χ1v) is 13.0. The van der Waals surface area contributed by atoms with Crippen molar-refractivity contribution in [2.45, 2.75) is 40.0 Å². The number of esters is 1. The number of rotatable bonds is 12. The van der Waals surface area contributed by atoms with E-state index in [1.807, 2.05) is 54.8 Å². The van der Waals surface area contributed by atoms with E-state index in [-0.39, 0.29) is 12.5 Å². The fourth-order valence-corrected chi connectivity index (χ4v) is 4.53. The summed E-state index contributed by atoms with van der Waals surface area (Å²) in [4.78, 5) is 25.5. The third kappa shape index (κ3) is 7.21. The topological polar surface area (TPSA) is 73.9 Å². The normalized spacial score (nSPS) is 10.9. The average Bonchev–Trinajstić information content (AvgIpc) is 3.29. The van der Waals surface area contributed by atoms with Gasteiger partial charge in [-0.3, -0.25) is 4.79 Å². The van der Waals surface area contributed by atoms with E-state index in [2.05, 4.69) is 12.2 Å². The van der Waals surface area contributed by atoms with E-state index < -0.39 is 5.97 Å². The van der Waals surface area contributed by atoms with E-state index in [4.69, 9.17) is 14.2 Å². The fourth-order valence-electron chi connectivity index (χ4n) is 3.57. The van der Waals surface area contributed by atoms with E-state index in [1.165, 1.54) is 17.4 Å². The molecule has 0 bridgehead atoms. The third-order valence-electron chi connectivity index (χ3n) is 5.49. The van der Waals surface area contributed by atoms with Gasteiger partial charge in [-0.05, 0) is 49.6 Å². The molecular weight excluding hydrogens is 474 g/mol. The zero-order chi connectivity index (χ0) is 25.9. The molecule has 190 valence electrons. The number of thiophene rings is 1. The van der Waals surface area contributed by atoms with Crippen LogP contribution in [0.25, 0.3) is 17.2 Å². The SMILES string of the molecule is CCCCCOc1ccc(/C=C/C(=O)Nc2scc(-c3ccc(C)cc3)c2C(=O)OCC)cc1OC. The smallest absolute Gasteiger partial charge is 0.341 e. The van der Waals surface area contributed by atoms with Crippen LogP contribution in [0.4, 0.5) is 5.00 Å². The van der Waals surface area contributed by atoms with E-state index in [0.717, 1.165) is 41.5 Å². The van der Waals surface area contributed by atoms with Gasteiger partial charge in [0.25, 0.3) is 0 Å². The maximum atomic E-state index is 12.8. The number of ether oxygens (including phenoxy) is 3. The molecule has 2 aromatic carbocycles. The lowest BCUT2D eigenvalue weighted by molar-refractivity contribution is -0.111. The Morgan fingerprint density at radius 1 is 1.03 bits per heavy atom. The number of hydrogen-bond acceptors (Lipinski definition) is 6. The largest absolute Gasteiger partial charge is 0.493 e. The second kappa shape index (κ2) is 13.5. The van der Waals surface area contributed by atoms with Crippen molar-refractivity contribution in [2.75, 3.05) is 25.6 Å². The molecule has 0 atom stereocenters. The molecule has 1 heterocycles. The molecule has 0 fully saturated rings. The van der Waals surface area contributed by atoms with Crippen molar-refractivity contribution in [3.05, 3.63) is 70.6 Å². The Bertz CT molecular complexity index is 1200. The van der Waals surface area contributed by atoms with E-state index in [1.54, 1.807) is 20.1 Å². The van der Waals surface area contributed by atoms with E-state index >= 15 is 0 Å². The molecule has 0 aliphatic rings.